The summed E-state index contributed by atoms with van der Waals surface area (Å²) in [7, 11) is -2.97. The van der Waals surface area contributed by atoms with Gasteiger partial charge in [0.2, 0.25) is 0 Å². The lowest BCUT2D eigenvalue weighted by Gasteiger charge is -1.99. The Bertz CT molecular complexity index is 403. The van der Waals surface area contributed by atoms with Crippen molar-refractivity contribution in [3.05, 3.63) is 24.2 Å². The molecule has 0 saturated heterocycles. The van der Waals surface area contributed by atoms with Crippen LogP contribution in [0, 0.1) is 0 Å². The van der Waals surface area contributed by atoms with Gasteiger partial charge in [-0.25, -0.2) is 8.42 Å². The van der Waals surface area contributed by atoms with E-state index in [0.717, 1.165) is 0 Å². The minimum Gasteiger partial charge on any atom is -0.461 e. The SMILES string of the molecule is CCS(=O)(=O)CCCC(=O)c1ccco1. The van der Waals surface area contributed by atoms with Gasteiger partial charge in [0.1, 0.15) is 9.84 Å². The van der Waals surface area contributed by atoms with Crippen LogP contribution in [-0.2, 0) is 9.84 Å². The Labute approximate surface area is 89.2 Å². The second-order valence-corrected chi connectivity index (χ2v) is 5.71. The van der Waals surface area contributed by atoms with E-state index in [1.54, 1.807) is 19.1 Å². The van der Waals surface area contributed by atoms with Crippen LogP contribution in [0.4, 0.5) is 0 Å². The number of Topliss-reactive ketones (excluding diaryl/α,β-unsaturated/α-hetero) is 1. The molecule has 0 radical (unpaired) electrons. The summed E-state index contributed by atoms with van der Waals surface area (Å²) < 4.78 is 27.2. The molecule has 0 bridgehead atoms. The third kappa shape index (κ3) is 3.87. The van der Waals surface area contributed by atoms with Crippen LogP contribution in [-0.4, -0.2) is 25.7 Å². The van der Waals surface area contributed by atoms with Crippen LogP contribution in [0.5, 0.6) is 0 Å². The summed E-state index contributed by atoms with van der Waals surface area (Å²) in [4.78, 5) is 11.4. The van der Waals surface area contributed by atoms with Gasteiger partial charge in [0, 0.05) is 12.2 Å². The molecule has 1 aromatic rings. The molecule has 0 unspecified atom stereocenters. The zero-order valence-corrected chi connectivity index (χ0v) is 9.42. The molecule has 0 aliphatic carbocycles. The van der Waals surface area contributed by atoms with Crippen molar-refractivity contribution in [2.75, 3.05) is 11.5 Å². The predicted octanol–water partition coefficient (Wildman–Crippen LogP) is 1.68. The first-order valence-corrected chi connectivity index (χ1v) is 6.64. The zero-order chi connectivity index (χ0) is 11.3. The number of hydrogen-bond acceptors (Lipinski definition) is 4. The van der Waals surface area contributed by atoms with E-state index in [-0.39, 0.29) is 23.7 Å². The van der Waals surface area contributed by atoms with Crippen molar-refractivity contribution >= 4 is 15.6 Å². The molecule has 15 heavy (non-hydrogen) atoms. The van der Waals surface area contributed by atoms with Crippen LogP contribution >= 0.6 is 0 Å². The Morgan fingerprint density at radius 2 is 2.20 bits per heavy atom. The lowest BCUT2D eigenvalue weighted by molar-refractivity contribution is 0.0955. The lowest BCUT2D eigenvalue weighted by atomic mass is 10.2. The average molecular weight is 230 g/mol. The summed E-state index contributed by atoms with van der Waals surface area (Å²) in [6.45, 7) is 1.60. The zero-order valence-electron chi connectivity index (χ0n) is 8.60. The van der Waals surface area contributed by atoms with Gasteiger partial charge in [0.15, 0.2) is 11.5 Å². The van der Waals surface area contributed by atoms with Gasteiger partial charge in [-0.2, -0.15) is 0 Å². The van der Waals surface area contributed by atoms with Crippen LogP contribution < -0.4 is 0 Å². The average Bonchev–Trinajstić information content (AvgIpc) is 2.70. The third-order valence-electron chi connectivity index (χ3n) is 2.10. The summed E-state index contributed by atoms with van der Waals surface area (Å²) in [6, 6.07) is 3.21. The minimum absolute atomic E-state index is 0.0654. The summed E-state index contributed by atoms with van der Waals surface area (Å²) in [5.74, 6) is 0.341. The van der Waals surface area contributed by atoms with Crippen molar-refractivity contribution < 1.29 is 17.6 Å². The van der Waals surface area contributed by atoms with E-state index in [1.165, 1.54) is 6.26 Å². The van der Waals surface area contributed by atoms with Gasteiger partial charge in [-0.3, -0.25) is 4.79 Å². The number of furan rings is 1. The molecule has 4 nitrogen and oxygen atoms in total. The third-order valence-corrected chi connectivity index (χ3v) is 3.89. The Morgan fingerprint density at radius 3 is 2.73 bits per heavy atom. The van der Waals surface area contributed by atoms with E-state index in [9.17, 15) is 13.2 Å². The van der Waals surface area contributed by atoms with E-state index in [2.05, 4.69) is 0 Å². The first-order chi connectivity index (χ1) is 7.05. The fourth-order valence-corrected chi connectivity index (χ4v) is 2.03. The van der Waals surface area contributed by atoms with Gasteiger partial charge in [0.25, 0.3) is 0 Å². The molecular weight excluding hydrogens is 216 g/mol. The molecule has 0 saturated carbocycles. The molecule has 1 heterocycles. The quantitative estimate of drug-likeness (QED) is 0.697. The highest BCUT2D eigenvalue weighted by atomic mass is 32.2. The summed E-state index contributed by atoms with van der Waals surface area (Å²) in [6.07, 6.45) is 2.00. The van der Waals surface area contributed by atoms with E-state index in [0.29, 0.717) is 12.2 Å². The topological polar surface area (TPSA) is 64.3 Å². The van der Waals surface area contributed by atoms with Crippen LogP contribution in [0.15, 0.2) is 22.8 Å². The number of carbonyl (C=O) groups excluding carboxylic acids is 1. The van der Waals surface area contributed by atoms with Crippen LogP contribution in [0.2, 0.25) is 0 Å². The van der Waals surface area contributed by atoms with E-state index >= 15 is 0 Å². The van der Waals surface area contributed by atoms with Crippen LogP contribution in [0.1, 0.15) is 30.3 Å². The second-order valence-electron chi connectivity index (χ2n) is 3.24. The highest BCUT2D eigenvalue weighted by molar-refractivity contribution is 7.91. The fraction of sp³-hybridized carbons (Fsp3) is 0.500. The minimum atomic E-state index is -2.97. The molecule has 0 atom stereocenters. The second kappa shape index (κ2) is 5.11. The molecule has 84 valence electrons. The van der Waals surface area contributed by atoms with Gasteiger partial charge >= 0.3 is 0 Å². The molecule has 0 amide bonds. The normalized spacial score (nSPS) is 11.5. The van der Waals surface area contributed by atoms with Gasteiger partial charge in [-0.1, -0.05) is 6.92 Å². The summed E-state index contributed by atoms with van der Waals surface area (Å²) >= 11 is 0. The molecule has 1 rings (SSSR count). The molecule has 0 N–H and O–H groups in total. The molecule has 0 aliphatic heterocycles. The summed E-state index contributed by atoms with van der Waals surface area (Å²) in [5, 5.41) is 0. The van der Waals surface area contributed by atoms with E-state index in [1.807, 2.05) is 0 Å². The van der Waals surface area contributed by atoms with E-state index in [4.69, 9.17) is 4.42 Å². The van der Waals surface area contributed by atoms with Crippen molar-refractivity contribution in [3.63, 3.8) is 0 Å². The van der Waals surface area contributed by atoms with Crippen LogP contribution in [0.25, 0.3) is 0 Å². The Morgan fingerprint density at radius 1 is 1.47 bits per heavy atom. The lowest BCUT2D eigenvalue weighted by Crippen LogP contribution is -2.10. The first kappa shape index (κ1) is 12.0. The number of sulfone groups is 1. The molecule has 0 aromatic carbocycles. The molecule has 0 aliphatic rings. The van der Waals surface area contributed by atoms with Crippen molar-refractivity contribution in [2.45, 2.75) is 19.8 Å². The molecule has 0 fully saturated rings. The number of hydrogen-bond donors (Lipinski definition) is 0. The highest BCUT2D eigenvalue weighted by Gasteiger charge is 2.11. The van der Waals surface area contributed by atoms with Gasteiger partial charge < -0.3 is 4.42 Å². The number of carbonyl (C=O) groups is 1. The Hall–Kier alpha value is -1.10. The van der Waals surface area contributed by atoms with Crippen molar-refractivity contribution in [1.29, 1.82) is 0 Å². The van der Waals surface area contributed by atoms with Crippen molar-refractivity contribution in [3.8, 4) is 0 Å². The largest absolute Gasteiger partial charge is 0.461 e. The first-order valence-electron chi connectivity index (χ1n) is 4.82. The van der Waals surface area contributed by atoms with Gasteiger partial charge in [-0.05, 0) is 18.6 Å². The van der Waals surface area contributed by atoms with E-state index < -0.39 is 9.84 Å². The van der Waals surface area contributed by atoms with Crippen molar-refractivity contribution in [1.82, 2.24) is 0 Å². The maximum Gasteiger partial charge on any atom is 0.198 e. The number of rotatable bonds is 6. The monoisotopic (exact) mass is 230 g/mol. The maximum absolute atomic E-state index is 11.4. The fourth-order valence-electron chi connectivity index (χ4n) is 1.16. The standard InChI is InChI=1S/C10H14O4S/c1-2-15(12,13)8-4-5-9(11)10-6-3-7-14-10/h3,6-7H,2,4-5,8H2,1H3. The molecule has 1 aromatic heterocycles. The van der Waals surface area contributed by atoms with Crippen LogP contribution in [0.3, 0.4) is 0 Å². The maximum atomic E-state index is 11.4. The Kier molecular flexibility index (Phi) is 4.08. The van der Waals surface area contributed by atoms with Gasteiger partial charge in [-0.15, -0.1) is 0 Å². The number of ketones is 1. The van der Waals surface area contributed by atoms with Gasteiger partial charge in [0.05, 0.1) is 12.0 Å². The highest BCUT2D eigenvalue weighted by Crippen LogP contribution is 2.07. The smallest absolute Gasteiger partial charge is 0.198 e. The summed E-state index contributed by atoms with van der Waals surface area (Å²) in [5.41, 5.74) is 0. The van der Waals surface area contributed by atoms with Crippen molar-refractivity contribution in [2.24, 2.45) is 0 Å². The predicted molar refractivity (Wildman–Crippen MR) is 56.6 cm³/mol. The molecule has 0 spiro atoms. The molecule has 5 heteroatoms. The Balaban J connectivity index is 2.36. The molecular formula is C10H14O4S.